The number of likely N-dealkylation sites (N-methyl/N-ethyl adjacent to an activating group) is 1. The molecule has 1 unspecified atom stereocenters. The molecule has 0 radical (unpaired) electrons. The molecule has 0 amide bonds. The molecular weight excluding hydrogens is 264 g/mol. The number of nitrogens with one attached hydrogen (secondary N) is 1. The summed E-state index contributed by atoms with van der Waals surface area (Å²) in [5, 5.41) is 3.21. The van der Waals surface area contributed by atoms with Crippen molar-refractivity contribution in [3.8, 4) is 0 Å². The molecule has 0 aromatic carbocycles. The molecule has 21 heavy (non-hydrogen) atoms. The van der Waals surface area contributed by atoms with Crippen molar-refractivity contribution in [3.63, 3.8) is 0 Å². The van der Waals surface area contributed by atoms with Crippen molar-refractivity contribution in [2.24, 2.45) is 22.4 Å². The van der Waals surface area contributed by atoms with Crippen LogP contribution in [0.4, 0.5) is 0 Å². The van der Waals surface area contributed by atoms with Crippen LogP contribution >= 0.6 is 0 Å². The molecule has 6 heteroatoms. The molecule has 0 bridgehead atoms. The summed E-state index contributed by atoms with van der Waals surface area (Å²) in [4.78, 5) is 9.23. The van der Waals surface area contributed by atoms with Crippen LogP contribution in [-0.4, -0.2) is 54.6 Å². The molecule has 0 aromatic rings. The van der Waals surface area contributed by atoms with Gasteiger partial charge in [0.2, 0.25) is 0 Å². The van der Waals surface area contributed by atoms with Gasteiger partial charge in [0.15, 0.2) is 5.96 Å². The molecule has 5 N–H and O–H groups in total. The molecule has 3 aliphatic rings. The molecule has 3 rings (SSSR count). The zero-order valence-electron chi connectivity index (χ0n) is 13.0. The van der Waals surface area contributed by atoms with E-state index in [2.05, 4.69) is 33.2 Å². The Hall–Kier alpha value is -1.27. The summed E-state index contributed by atoms with van der Waals surface area (Å²) in [6.07, 6.45) is 8.25. The number of piperazine rings is 1. The summed E-state index contributed by atoms with van der Waals surface area (Å²) >= 11 is 0. The fraction of sp³-hybridized carbons (Fsp3) is 0.800. The van der Waals surface area contributed by atoms with Gasteiger partial charge in [-0.1, -0.05) is 19.3 Å². The fourth-order valence-electron chi connectivity index (χ4n) is 3.65. The van der Waals surface area contributed by atoms with E-state index in [0.717, 1.165) is 44.8 Å². The normalized spacial score (nSPS) is 32.4. The highest BCUT2D eigenvalue weighted by Gasteiger charge is 2.37. The zero-order valence-corrected chi connectivity index (χ0v) is 13.0. The highest BCUT2D eigenvalue weighted by molar-refractivity contribution is 5.81. The molecule has 1 saturated carbocycles. The van der Waals surface area contributed by atoms with Gasteiger partial charge >= 0.3 is 0 Å². The summed E-state index contributed by atoms with van der Waals surface area (Å²) in [6.45, 7) is 4.14. The average Bonchev–Trinajstić information content (AvgIpc) is 2.48. The van der Waals surface area contributed by atoms with Gasteiger partial charge in [-0.25, -0.2) is 4.99 Å². The standard InChI is InChI=1S/C15H28N6/c1-20-7-9-21(10-8-20)13-11-15(17,19-14(16)18-13)12-5-3-2-4-6-12/h11-12H,2-10,17H2,1H3,(H3,16,18,19). The van der Waals surface area contributed by atoms with E-state index < -0.39 is 5.66 Å². The van der Waals surface area contributed by atoms with Crippen LogP contribution < -0.4 is 16.8 Å². The SMILES string of the molecule is CN1CCN(C2=CC(N)(C3CCCCC3)N=C(N)N2)CC1. The van der Waals surface area contributed by atoms with E-state index in [1.54, 1.807) is 0 Å². The van der Waals surface area contributed by atoms with Gasteiger partial charge in [0.05, 0.1) is 0 Å². The number of aliphatic imine (C=N–C) groups is 1. The third kappa shape index (κ3) is 3.16. The van der Waals surface area contributed by atoms with Gasteiger partial charge in [0.1, 0.15) is 11.5 Å². The smallest absolute Gasteiger partial charge is 0.196 e. The Balaban J connectivity index is 1.78. The van der Waals surface area contributed by atoms with Crippen LogP contribution in [0.1, 0.15) is 32.1 Å². The summed E-state index contributed by atoms with van der Waals surface area (Å²) in [5.41, 5.74) is 12.0. The number of rotatable bonds is 2. The third-order valence-electron chi connectivity index (χ3n) is 5.04. The minimum atomic E-state index is -0.631. The molecule has 1 aliphatic carbocycles. The van der Waals surface area contributed by atoms with Gasteiger partial charge in [-0.3, -0.25) is 0 Å². The van der Waals surface area contributed by atoms with Crippen molar-refractivity contribution in [2.45, 2.75) is 37.8 Å². The van der Waals surface area contributed by atoms with Gasteiger partial charge in [0, 0.05) is 32.1 Å². The number of nitrogens with zero attached hydrogens (tertiary/aromatic N) is 3. The predicted molar refractivity (Wildman–Crippen MR) is 85.4 cm³/mol. The van der Waals surface area contributed by atoms with Crippen molar-refractivity contribution in [1.82, 2.24) is 15.1 Å². The third-order valence-corrected chi connectivity index (χ3v) is 5.04. The molecule has 2 fully saturated rings. The second kappa shape index (κ2) is 5.85. The maximum atomic E-state index is 6.63. The molecule has 1 saturated heterocycles. The van der Waals surface area contributed by atoms with Crippen molar-refractivity contribution in [3.05, 3.63) is 11.9 Å². The van der Waals surface area contributed by atoms with Gasteiger partial charge < -0.3 is 26.6 Å². The molecule has 0 spiro atoms. The lowest BCUT2D eigenvalue weighted by Crippen LogP contribution is -2.55. The Morgan fingerprint density at radius 1 is 1.19 bits per heavy atom. The van der Waals surface area contributed by atoms with Crippen LogP contribution in [0.5, 0.6) is 0 Å². The zero-order chi connectivity index (χ0) is 14.9. The Morgan fingerprint density at radius 3 is 2.52 bits per heavy atom. The first-order valence-electron chi connectivity index (χ1n) is 8.14. The maximum Gasteiger partial charge on any atom is 0.196 e. The van der Waals surface area contributed by atoms with Gasteiger partial charge in [-0.05, 0) is 26.0 Å². The first-order chi connectivity index (χ1) is 10.1. The highest BCUT2D eigenvalue weighted by atomic mass is 15.3. The lowest BCUT2D eigenvalue weighted by atomic mass is 9.80. The van der Waals surface area contributed by atoms with Crippen molar-refractivity contribution in [2.75, 3.05) is 33.2 Å². The van der Waals surface area contributed by atoms with E-state index in [4.69, 9.17) is 11.5 Å². The van der Waals surface area contributed by atoms with E-state index >= 15 is 0 Å². The predicted octanol–water partition coefficient (Wildman–Crippen LogP) is 0.228. The average molecular weight is 292 g/mol. The lowest BCUT2D eigenvalue weighted by Gasteiger charge is -2.41. The molecule has 2 aliphatic heterocycles. The summed E-state index contributed by atoms with van der Waals surface area (Å²) < 4.78 is 0. The second-order valence-corrected chi connectivity index (χ2v) is 6.66. The Labute approximate surface area is 127 Å². The summed E-state index contributed by atoms with van der Waals surface area (Å²) in [7, 11) is 2.16. The molecule has 118 valence electrons. The van der Waals surface area contributed by atoms with Crippen LogP contribution in [0.15, 0.2) is 16.9 Å². The Morgan fingerprint density at radius 2 is 1.86 bits per heavy atom. The van der Waals surface area contributed by atoms with Crippen molar-refractivity contribution < 1.29 is 0 Å². The molecule has 2 heterocycles. The number of hydrogen-bond donors (Lipinski definition) is 3. The number of guanidine groups is 1. The van der Waals surface area contributed by atoms with E-state index in [1.807, 2.05) is 0 Å². The van der Waals surface area contributed by atoms with E-state index in [0.29, 0.717) is 11.9 Å². The first kappa shape index (κ1) is 14.7. The number of nitrogens with two attached hydrogens (primary N) is 2. The van der Waals surface area contributed by atoms with E-state index in [9.17, 15) is 0 Å². The van der Waals surface area contributed by atoms with Crippen LogP contribution in [-0.2, 0) is 0 Å². The lowest BCUT2D eigenvalue weighted by molar-refractivity contribution is 0.175. The molecular formula is C15H28N6. The summed E-state index contributed by atoms with van der Waals surface area (Å²) in [5.74, 6) is 1.91. The quantitative estimate of drug-likeness (QED) is 0.678. The minimum absolute atomic E-state index is 0.411. The van der Waals surface area contributed by atoms with E-state index in [1.165, 1.54) is 19.3 Å². The summed E-state index contributed by atoms with van der Waals surface area (Å²) in [6, 6.07) is 0. The Bertz CT molecular complexity index is 431. The molecule has 1 atom stereocenters. The van der Waals surface area contributed by atoms with Gasteiger partial charge in [-0.2, -0.15) is 0 Å². The van der Waals surface area contributed by atoms with Gasteiger partial charge in [0.25, 0.3) is 0 Å². The number of hydrogen-bond acceptors (Lipinski definition) is 6. The van der Waals surface area contributed by atoms with Crippen LogP contribution in [0.3, 0.4) is 0 Å². The largest absolute Gasteiger partial charge is 0.370 e. The second-order valence-electron chi connectivity index (χ2n) is 6.66. The monoisotopic (exact) mass is 292 g/mol. The molecule has 6 nitrogen and oxygen atoms in total. The van der Waals surface area contributed by atoms with Crippen molar-refractivity contribution >= 4 is 5.96 Å². The van der Waals surface area contributed by atoms with Crippen molar-refractivity contribution in [1.29, 1.82) is 0 Å². The Kier molecular flexibility index (Phi) is 4.08. The highest BCUT2D eigenvalue weighted by Crippen LogP contribution is 2.34. The maximum absolute atomic E-state index is 6.63. The first-order valence-corrected chi connectivity index (χ1v) is 8.14. The van der Waals surface area contributed by atoms with Crippen LogP contribution in [0.25, 0.3) is 0 Å². The van der Waals surface area contributed by atoms with Crippen LogP contribution in [0, 0.1) is 5.92 Å². The minimum Gasteiger partial charge on any atom is -0.370 e. The van der Waals surface area contributed by atoms with E-state index in [-0.39, 0.29) is 0 Å². The fourth-order valence-corrected chi connectivity index (χ4v) is 3.65. The van der Waals surface area contributed by atoms with Gasteiger partial charge in [-0.15, -0.1) is 0 Å². The van der Waals surface area contributed by atoms with Crippen LogP contribution in [0.2, 0.25) is 0 Å². The molecule has 0 aromatic heterocycles. The topological polar surface area (TPSA) is 82.9 Å².